The largest absolute Gasteiger partial charge is 0.480 e. The molecule has 0 bridgehead atoms. The van der Waals surface area contributed by atoms with Crippen LogP contribution in [0.15, 0.2) is 0 Å². The molecule has 0 saturated heterocycles. The van der Waals surface area contributed by atoms with Gasteiger partial charge in [0.2, 0.25) is 0 Å². The maximum Gasteiger partial charge on any atom is 0.317 e. The molecule has 2 N–H and O–H groups in total. The summed E-state index contributed by atoms with van der Waals surface area (Å²) in [5, 5.41) is 17.3. The Morgan fingerprint density at radius 2 is 1.17 bits per heavy atom. The lowest BCUT2D eigenvalue weighted by molar-refractivity contribution is -0.142. The molecule has 0 heterocycles. The van der Waals surface area contributed by atoms with Gasteiger partial charge in [0.05, 0.1) is 52.6 Å². The van der Waals surface area contributed by atoms with Crippen molar-refractivity contribution in [2.45, 2.75) is 0 Å². The average Bonchev–Trinajstić information content (AvgIpc) is 2.48. The fourth-order valence-electron chi connectivity index (χ4n) is 1.77. The van der Waals surface area contributed by atoms with Gasteiger partial charge in [0, 0.05) is 13.1 Å². The van der Waals surface area contributed by atoms with Gasteiger partial charge in [0.15, 0.2) is 0 Å². The minimum atomic E-state index is -1.10. The van der Waals surface area contributed by atoms with Gasteiger partial charge in [-0.2, -0.15) is 0 Å². The molecule has 0 aliphatic carbocycles. The Labute approximate surface area is 139 Å². The van der Waals surface area contributed by atoms with Gasteiger partial charge >= 0.3 is 11.9 Å². The van der Waals surface area contributed by atoms with E-state index in [2.05, 4.69) is 0 Å². The highest BCUT2D eigenvalue weighted by atomic mass is 16.5. The SMILES string of the molecule is O=CCN(CC=O)CCOCCOCCN(CC(=O)O)CC(=O)O. The van der Waals surface area contributed by atoms with Gasteiger partial charge in [-0.15, -0.1) is 0 Å². The predicted octanol–water partition coefficient (Wildman–Crippen LogP) is -1.81. The van der Waals surface area contributed by atoms with Crippen LogP contribution in [0.3, 0.4) is 0 Å². The maximum absolute atomic E-state index is 10.6. The smallest absolute Gasteiger partial charge is 0.317 e. The summed E-state index contributed by atoms with van der Waals surface area (Å²) in [6.45, 7) is 1.34. The predicted molar refractivity (Wildman–Crippen MR) is 81.9 cm³/mol. The van der Waals surface area contributed by atoms with Gasteiger partial charge in [-0.05, 0) is 0 Å². The zero-order valence-corrected chi connectivity index (χ0v) is 13.5. The van der Waals surface area contributed by atoms with E-state index in [1.165, 1.54) is 4.90 Å². The van der Waals surface area contributed by atoms with Gasteiger partial charge in [-0.1, -0.05) is 0 Å². The van der Waals surface area contributed by atoms with E-state index in [4.69, 9.17) is 19.7 Å². The second-order valence-electron chi connectivity index (χ2n) is 4.82. The first-order valence-electron chi connectivity index (χ1n) is 7.40. The summed E-state index contributed by atoms with van der Waals surface area (Å²) in [4.78, 5) is 44.9. The van der Waals surface area contributed by atoms with Crippen LogP contribution in [0.4, 0.5) is 0 Å². The van der Waals surface area contributed by atoms with Gasteiger partial charge in [-0.25, -0.2) is 0 Å². The molecular weight excluding hydrogens is 324 g/mol. The van der Waals surface area contributed by atoms with E-state index in [1.807, 2.05) is 0 Å². The Bertz CT molecular complexity index is 365. The van der Waals surface area contributed by atoms with Crippen LogP contribution >= 0.6 is 0 Å². The Hall–Kier alpha value is -1.88. The zero-order valence-electron chi connectivity index (χ0n) is 13.5. The van der Waals surface area contributed by atoms with Gasteiger partial charge in [0.1, 0.15) is 12.6 Å². The number of carboxylic acids is 2. The van der Waals surface area contributed by atoms with Crippen molar-refractivity contribution in [1.29, 1.82) is 0 Å². The van der Waals surface area contributed by atoms with E-state index in [0.29, 0.717) is 32.3 Å². The molecule has 0 spiro atoms. The van der Waals surface area contributed by atoms with Gasteiger partial charge in [0.25, 0.3) is 0 Å². The van der Waals surface area contributed by atoms with Crippen LogP contribution in [0, 0.1) is 0 Å². The van der Waals surface area contributed by atoms with Crippen molar-refractivity contribution < 1.29 is 38.9 Å². The lowest BCUT2D eigenvalue weighted by Gasteiger charge is -2.18. The molecule has 0 fully saturated rings. The average molecular weight is 348 g/mol. The van der Waals surface area contributed by atoms with Crippen LogP contribution in [-0.4, -0.2) is 110 Å². The van der Waals surface area contributed by atoms with Crippen molar-refractivity contribution in [3.63, 3.8) is 0 Å². The van der Waals surface area contributed by atoms with E-state index in [9.17, 15) is 19.2 Å². The molecule has 0 amide bonds. The van der Waals surface area contributed by atoms with E-state index < -0.39 is 11.9 Å². The summed E-state index contributed by atoms with van der Waals surface area (Å²) in [7, 11) is 0. The minimum absolute atomic E-state index is 0.168. The molecule has 24 heavy (non-hydrogen) atoms. The summed E-state index contributed by atoms with van der Waals surface area (Å²) in [6.07, 6.45) is 1.43. The molecule has 0 rings (SSSR count). The molecule has 0 aliphatic heterocycles. The van der Waals surface area contributed by atoms with Crippen LogP contribution in [0.5, 0.6) is 0 Å². The lowest BCUT2D eigenvalue weighted by atomic mass is 10.4. The third kappa shape index (κ3) is 13.8. The van der Waals surface area contributed by atoms with Gasteiger partial charge < -0.3 is 29.3 Å². The van der Waals surface area contributed by atoms with E-state index in [0.717, 1.165) is 0 Å². The van der Waals surface area contributed by atoms with Crippen molar-refractivity contribution in [3.8, 4) is 0 Å². The van der Waals surface area contributed by atoms with E-state index in [1.54, 1.807) is 4.90 Å². The van der Waals surface area contributed by atoms with Crippen molar-refractivity contribution in [2.24, 2.45) is 0 Å². The van der Waals surface area contributed by atoms with Crippen molar-refractivity contribution in [3.05, 3.63) is 0 Å². The number of nitrogens with zero attached hydrogens (tertiary/aromatic N) is 2. The van der Waals surface area contributed by atoms with Crippen LogP contribution in [0.1, 0.15) is 0 Å². The van der Waals surface area contributed by atoms with Crippen molar-refractivity contribution in [2.75, 3.05) is 65.7 Å². The highest BCUT2D eigenvalue weighted by Crippen LogP contribution is 1.90. The molecule has 0 radical (unpaired) electrons. The zero-order chi connectivity index (χ0) is 18.2. The first-order chi connectivity index (χ1) is 11.5. The molecule has 0 aromatic heterocycles. The third-order valence-corrected chi connectivity index (χ3v) is 2.86. The summed E-state index contributed by atoms with van der Waals surface area (Å²) < 4.78 is 10.5. The number of ether oxygens (including phenoxy) is 2. The molecule has 0 atom stereocenters. The Morgan fingerprint density at radius 3 is 1.54 bits per heavy atom. The molecule has 138 valence electrons. The van der Waals surface area contributed by atoms with Crippen LogP contribution < -0.4 is 0 Å². The number of carbonyl (C=O) groups excluding carboxylic acids is 2. The van der Waals surface area contributed by atoms with Crippen LogP contribution in [0.25, 0.3) is 0 Å². The lowest BCUT2D eigenvalue weighted by Crippen LogP contribution is -2.37. The Balaban J connectivity index is 3.69. The fraction of sp³-hybridized carbons (Fsp3) is 0.714. The van der Waals surface area contributed by atoms with Crippen LogP contribution in [0.2, 0.25) is 0 Å². The second kappa shape index (κ2) is 14.7. The number of aldehydes is 2. The Kier molecular flexibility index (Phi) is 13.5. The number of carboxylic acid groups (broad SMARTS) is 2. The number of carbonyl (C=O) groups is 4. The standard InChI is InChI=1S/C14H24N2O8/c17-5-1-15(2-6-18)3-7-23-9-10-24-8-4-16(11-13(19)20)12-14(21)22/h5-6H,1-4,7-12H2,(H,19,20)(H,21,22). The monoisotopic (exact) mass is 348 g/mol. The summed E-state index contributed by atoms with van der Waals surface area (Å²) >= 11 is 0. The van der Waals surface area contributed by atoms with Crippen molar-refractivity contribution in [1.82, 2.24) is 9.80 Å². The first-order valence-corrected chi connectivity index (χ1v) is 7.40. The topological polar surface area (TPSA) is 134 Å². The molecular formula is C14H24N2O8. The van der Waals surface area contributed by atoms with Crippen molar-refractivity contribution >= 4 is 24.5 Å². The van der Waals surface area contributed by atoms with Gasteiger partial charge in [-0.3, -0.25) is 19.4 Å². The van der Waals surface area contributed by atoms with E-state index >= 15 is 0 Å². The maximum atomic E-state index is 10.6. The minimum Gasteiger partial charge on any atom is -0.480 e. The summed E-state index contributed by atoms with van der Waals surface area (Å²) in [5.41, 5.74) is 0. The highest BCUT2D eigenvalue weighted by Gasteiger charge is 2.12. The fourth-order valence-corrected chi connectivity index (χ4v) is 1.77. The molecule has 0 aromatic rings. The van der Waals surface area contributed by atoms with Crippen LogP contribution in [-0.2, 0) is 28.7 Å². The quantitative estimate of drug-likeness (QED) is 0.229. The number of hydrogen-bond donors (Lipinski definition) is 2. The number of rotatable bonds is 17. The molecule has 0 saturated carbocycles. The second-order valence-corrected chi connectivity index (χ2v) is 4.82. The first kappa shape index (κ1) is 22.1. The number of hydrogen-bond acceptors (Lipinski definition) is 8. The number of aliphatic carboxylic acids is 2. The van der Waals surface area contributed by atoms with E-state index in [-0.39, 0.29) is 45.9 Å². The highest BCUT2D eigenvalue weighted by molar-refractivity contribution is 5.72. The summed E-state index contributed by atoms with van der Waals surface area (Å²) in [5.74, 6) is -2.20. The normalized spacial score (nSPS) is 10.9. The third-order valence-electron chi connectivity index (χ3n) is 2.86. The molecule has 10 nitrogen and oxygen atoms in total. The molecule has 0 aliphatic rings. The summed E-state index contributed by atoms with van der Waals surface area (Å²) in [6, 6.07) is 0. The molecule has 0 aromatic carbocycles. The Morgan fingerprint density at radius 1 is 0.750 bits per heavy atom. The molecule has 0 unspecified atom stereocenters. The molecule has 10 heteroatoms.